The first kappa shape index (κ1) is 10.1. The third-order valence-electron chi connectivity index (χ3n) is 1.99. The summed E-state index contributed by atoms with van der Waals surface area (Å²) >= 11 is 4.21. The summed E-state index contributed by atoms with van der Waals surface area (Å²) < 4.78 is 5.58. The van der Waals surface area contributed by atoms with Gasteiger partial charge in [0.2, 0.25) is 0 Å². The summed E-state index contributed by atoms with van der Waals surface area (Å²) in [6.45, 7) is 0.542. The smallest absolute Gasteiger partial charge is 0.151 e. The molecule has 2 aromatic rings. The van der Waals surface area contributed by atoms with E-state index in [0.29, 0.717) is 17.4 Å². The van der Waals surface area contributed by atoms with Crippen LogP contribution in [0.25, 0.3) is 0 Å². The first-order valence-corrected chi connectivity index (χ1v) is 5.12. The van der Waals surface area contributed by atoms with Gasteiger partial charge in [0.15, 0.2) is 5.75 Å². The van der Waals surface area contributed by atoms with Gasteiger partial charge in [0.1, 0.15) is 11.6 Å². The number of nitrogens with zero attached hydrogens (tertiary/aromatic N) is 1. The lowest BCUT2D eigenvalue weighted by molar-refractivity contribution is 0.296. The molecule has 0 spiro atoms. The molecule has 0 radical (unpaired) electrons. The molecule has 0 aliphatic heterocycles. The molecule has 1 aromatic carbocycles. The van der Waals surface area contributed by atoms with Crippen LogP contribution in [0.3, 0.4) is 0 Å². The first-order chi connectivity index (χ1) is 7.36. The molecule has 0 fully saturated rings. The lowest BCUT2D eigenvalue weighted by Crippen LogP contribution is -1.96. The van der Waals surface area contributed by atoms with Crippen LogP contribution in [0.2, 0.25) is 0 Å². The Balaban J connectivity index is 2.03. The molecule has 0 bridgehead atoms. The van der Waals surface area contributed by atoms with Crippen LogP contribution in [0.5, 0.6) is 5.75 Å². The zero-order chi connectivity index (χ0) is 10.5. The van der Waals surface area contributed by atoms with Crippen molar-refractivity contribution in [3.8, 4) is 5.75 Å². The fraction of sp³-hybridized carbons (Fsp3) is 0.0833. The van der Waals surface area contributed by atoms with E-state index >= 15 is 0 Å². The second kappa shape index (κ2) is 4.84. The van der Waals surface area contributed by atoms with Crippen molar-refractivity contribution < 1.29 is 4.74 Å². The molecule has 0 saturated carbocycles. The number of hydrogen-bond donors (Lipinski definition) is 1. The zero-order valence-corrected chi connectivity index (χ0v) is 9.02. The molecule has 1 aromatic heterocycles. The van der Waals surface area contributed by atoms with Crippen molar-refractivity contribution in [2.45, 2.75) is 11.6 Å². The molecule has 0 unspecified atom stereocenters. The van der Waals surface area contributed by atoms with Gasteiger partial charge in [-0.15, -0.1) is 12.6 Å². The molecule has 0 atom stereocenters. The minimum atomic E-state index is 0.542. The predicted octanol–water partition coefficient (Wildman–Crippen LogP) is 2.95. The number of benzene rings is 1. The van der Waals surface area contributed by atoms with E-state index in [2.05, 4.69) is 17.6 Å². The Kier molecular flexibility index (Phi) is 3.25. The molecule has 76 valence electrons. The van der Waals surface area contributed by atoms with Crippen LogP contribution in [0.4, 0.5) is 0 Å². The molecule has 0 amide bonds. The Hall–Kier alpha value is -1.48. The van der Waals surface area contributed by atoms with Crippen molar-refractivity contribution in [2.75, 3.05) is 0 Å². The molecule has 0 saturated heterocycles. The Morgan fingerprint density at radius 3 is 2.60 bits per heavy atom. The van der Waals surface area contributed by atoms with Gasteiger partial charge in [-0.05, 0) is 17.7 Å². The van der Waals surface area contributed by atoms with Crippen molar-refractivity contribution in [2.24, 2.45) is 0 Å². The van der Waals surface area contributed by atoms with Gasteiger partial charge in [-0.2, -0.15) is 0 Å². The van der Waals surface area contributed by atoms with Crippen molar-refractivity contribution in [1.29, 1.82) is 0 Å². The van der Waals surface area contributed by atoms with E-state index < -0.39 is 0 Å². The molecule has 2 nitrogen and oxygen atoms in total. The lowest BCUT2D eigenvalue weighted by Gasteiger charge is -2.07. The summed E-state index contributed by atoms with van der Waals surface area (Å²) in [5.41, 5.74) is 1.13. The topological polar surface area (TPSA) is 22.1 Å². The minimum Gasteiger partial charge on any atom is -0.486 e. The third kappa shape index (κ3) is 2.73. The standard InChI is InChI=1S/C12H11NOS/c15-12-11(7-4-8-13-12)14-9-10-5-2-1-3-6-10/h1-8H,9H2,(H,13,15). The van der Waals surface area contributed by atoms with Gasteiger partial charge in [0.25, 0.3) is 0 Å². The minimum absolute atomic E-state index is 0.542. The first-order valence-electron chi connectivity index (χ1n) is 4.67. The Labute approximate surface area is 94.3 Å². The molecule has 2 rings (SSSR count). The summed E-state index contributed by atoms with van der Waals surface area (Å²) in [4.78, 5) is 4.03. The molecule has 0 N–H and O–H groups in total. The van der Waals surface area contributed by atoms with Gasteiger partial charge < -0.3 is 4.74 Å². The summed E-state index contributed by atoms with van der Waals surface area (Å²) in [5, 5.41) is 0.619. The summed E-state index contributed by atoms with van der Waals surface area (Å²) in [6.07, 6.45) is 1.69. The maximum absolute atomic E-state index is 5.58. The average molecular weight is 217 g/mol. The molecular formula is C12H11NOS. The Morgan fingerprint density at radius 1 is 1.07 bits per heavy atom. The van der Waals surface area contributed by atoms with E-state index in [0.717, 1.165) is 5.56 Å². The lowest BCUT2D eigenvalue weighted by atomic mass is 10.2. The molecule has 1 heterocycles. The van der Waals surface area contributed by atoms with Gasteiger partial charge in [-0.25, -0.2) is 4.98 Å². The van der Waals surface area contributed by atoms with Gasteiger partial charge in [0, 0.05) is 6.20 Å². The number of ether oxygens (including phenoxy) is 1. The van der Waals surface area contributed by atoms with E-state index in [1.54, 1.807) is 6.20 Å². The summed E-state index contributed by atoms with van der Waals surface area (Å²) in [7, 11) is 0. The van der Waals surface area contributed by atoms with Crippen LogP contribution in [0.1, 0.15) is 5.56 Å². The van der Waals surface area contributed by atoms with E-state index in [1.165, 1.54) is 0 Å². The zero-order valence-electron chi connectivity index (χ0n) is 8.13. The van der Waals surface area contributed by atoms with Crippen LogP contribution in [-0.4, -0.2) is 4.98 Å². The van der Waals surface area contributed by atoms with Crippen molar-refractivity contribution >= 4 is 12.6 Å². The molecule has 0 aliphatic carbocycles. The maximum atomic E-state index is 5.58. The third-order valence-corrected chi connectivity index (χ3v) is 2.32. The quantitative estimate of drug-likeness (QED) is 0.798. The highest BCUT2D eigenvalue weighted by Gasteiger charge is 1.99. The molecule has 3 heteroatoms. The number of pyridine rings is 1. The average Bonchev–Trinajstić information content (AvgIpc) is 2.29. The maximum Gasteiger partial charge on any atom is 0.151 e. The predicted molar refractivity (Wildman–Crippen MR) is 62.3 cm³/mol. The largest absolute Gasteiger partial charge is 0.486 e. The van der Waals surface area contributed by atoms with Gasteiger partial charge in [-0.1, -0.05) is 30.3 Å². The van der Waals surface area contributed by atoms with Crippen molar-refractivity contribution in [1.82, 2.24) is 4.98 Å². The molecule has 15 heavy (non-hydrogen) atoms. The highest BCUT2D eigenvalue weighted by molar-refractivity contribution is 7.80. The van der Waals surface area contributed by atoms with E-state index in [4.69, 9.17) is 4.74 Å². The fourth-order valence-corrected chi connectivity index (χ4v) is 1.44. The highest BCUT2D eigenvalue weighted by atomic mass is 32.1. The Bertz CT molecular complexity index is 431. The van der Waals surface area contributed by atoms with E-state index in [-0.39, 0.29) is 0 Å². The number of aromatic nitrogens is 1. The van der Waals surface area contributed by atoms with Crippen molar-refractivity contribution in [3.63, 3.8) is 0 Å². The monoisotopic (exact) mass is 217 g/mol. The van der Waals surface area contributed by atoms with Crippen LogP contribution >= 0.6 is 12.6 Å². The van der Waals surface area contributed by atoms with Crippen LogP contribution in [0, 0.1) is 0 Å². The normalized spacial score (nSPS) is 9.93. The van der Waals surface area contributed by atoms with E-state index in [1.807, 2.05) is 42.5 Å². The summed E-state index contributed by atoms with van der Waals surface area (Å²) in [5.74, 6) is 0.713. The van der Waals surface area contributed by atoms with Crippen LogP contribution in [-0.2, 0) is 6.61 Å². The molecular weight excluding hydrogens is 206 g/mol. The van der Waals surface area contributed by atoms with Crippen molar-refractivity contribution in [3.05, 3.63) is 54.2 Å². The number of hydrogen-bond acceptors (Lipinski definition) is 3. The highest BCUT2D eigenvalue weighted by Crippen LogP contribution is 2.19. The van der Waals surface area contributed by atoms with Crippen LogP contribution < -0.4 is 4.74 Å². The van der Waals surface area contributed by atoms with Gasteiger partial charge in [-0.3, -0.25) is 0 Å². The summed E-state index contributed by atoms with van der Waals surface area (Å²) in [6, 6.07) is 13.7. The second-order valence-electron chi connectivity index (χ2n) is 3.10. The van der Waals surface area contributed by atoms with Crippen LogP contribution in [0.15, 0.2) is 53.7 Å². The molecule has 0 aliphatic rings. The second-order valence-corrected chi connectivity index (χ2v) is 3.52. The fourth-order valence-electron chi connectivity index (χ4n) is 1.23. The SMILES string of the molecule is Sc1ncccc1OCc1ccccc1. The number of thiol groups is 1. The Morgan fingerprint density at radius 2 is 1.87 bits per heavy atom. The van der Waals surface area contributed by atoms with Gasteiger partial charge >= 0.3 is 0 Å². The van der Waals surface area contributed by atoms with Gasteiger partial charge in [0.05, 0.1) is 0 Å². The van der Waals surface area contributed by atoms with E-state index in [9.17, 15) is 0 Å². The number of rotatable bonds is 3.